The van der Waals surface area contributed by atoms with Gasteiger partial charge in [-0.2, -0.15) is 5.10 Å². The monoisotopic (exact) mass is 460 g/mol. The number of aromatic nitrogens is 3. The van der Waals surface area contributed by atoms with Crippen molar-refractivity contribution >= 4 is 17.5 Å². The van der Waals surface area contributed by atoms with E-state index in [1.54, 1.807) is 10.9 Å². The number of hydrogen-bond acceptors (Lipinski definition) is 4. The molecule has 33 heavy (non-hydrogen) atoms. The number of carbonyl (C=O) groups excluding carboxylic acids is 1. The number of rotatable bonds is 5. The summed E-state index contributed by atoms with van der Waals surface area (Å²) < 4.78 is 7.50. The van der Waals surface area contributed by atoms with Crippen molar-refractivity contribution in [1.82, 2.24) is 19.7 Å². The van der Waals surface area contributed by atoms with Gasteiger partial charge in [-0.25, -0.2) is 4.98 Å². The lowest BCUT2D eigenvalue weighted by Gasteiger charge is -2.30. The molecular weight excluding hydrogens is 436 g/mol. The molecule has 0 N–H and O–H groups in total. The van der Waals surface area contributed by atoms with E-state index < -0.39 is 0 Å². The Kier molecular flexibility index (Phi) is 6.01. The van der Waals surface area contributed by atoms with E-state index in [9.17, 15) is 4.79 Å². The third-order valence-electron chi connectivity index (χ3n) is 6.09. The lowest BCUT2D eigenvalue weighted by Crippen LogP contribution is -2.40. The van der Waals surface area contributed by atoms with Crippen molar-refractivity contribution in [2.75, 3.05) is 13.1 Å². The maximum atomic E-state index is 13.2. The second kappa shape index (κ2) is 9.24. The van der Waals surface area contributed by atoms with Crippen molar-refractivity contribution in [3.8, 4) is 22.5 Å². The molecule has 0 saturated carbocycles. The van der Waals surface area contributed by atoms with Crippen molar-refractivity contribution in [2.24, 2.45) is 0 Å². The number of benzene rings is 2. The fourth-order valence-corrected chi connectivity index (χ4v) is 4.52. The summed E-state index contributed by atoms with van der Waals surface area (Å²) >= 11 is 6.20. The first kappa shape index (κ1) is 21.5. The van der Waals surface area contributed by atoms with Gasteiger partial charge in [0.05, 0.1) is 17.6 Å². The molecule has 0 spiro atoms. The Morgan fingerprint density at radius 1 is 1.06 bits per heavy atom. The van der Waals surface area contributed by atoms with Gasteiger partial charge in [0.1, 0.15) is 12.3 Å². The van der Waals surface area contributed by atoms with E-state index in [-0.39, 0.29) is 18.4 Å². The average Bonchev–Trinajstić information content (AvgIpc) is 3.46. The molecule has 1 amide bonds. The highest BCUT2D eigenvalue weighted by Gasteiger charge is 2.27. The first-order valence-electron chi connectivity index (χ1n) is 11.2. The third-order valence-corrected chi connectivity index (χ3v) is 6.33. The summed E-state index contributed by atoms with van der Waals surface area (Å²) in [5.74, 6) is 1.94. The minimum absolute atomic E-state index is 0.0648. The second-order valence-electron chi connectivity index (χ2n) is 8.41. The van der Waals surface area contributed by atoms with Gasteiger partial charge in [-0.1, -0.05) is 54.1 Å². The number of hydrogen-bond donors (Lipinski definition) is 0. The van der Waals surface area contributed by atoms with Crippen LogP contribution in [0.4, 0.5) is 0 Å². The van der Waals surface area contributed by atoms with Crippen LogP contribution in [0, 0.1) is 6.92 Å². The Morgan fingerprint density at radius 3 is 2.52 bits per heavy atom. The Morgan fingerprint density at radius 2 is 1.82 bits per heavy atom. The molecule has 1 fully saturated rings. The zero-order chi connectivity index (χ0) is 22.8. The number of halogens is 1. The van der Waals surface area contributed by atoms with Gasteiger partial charge in [0.2, 0.25) is 5.91 Å². The van der Waals surface area contributed by atoms with E-state index in [1.165, 1.54) is 0 Å². The summed E-state index contributed by atoms with van der Waals surface area (Å²) in [6.45, 7) is 3.47. The maximum absolute atomic E-state index is 13.2. The Labute approximate surface area is 197 Å². The molecule has 4 aromatic rings. The van der Waals surface area contributed by atoms with E-state index in [4.69, 9.17) is 21.1 Å². The van der Waals surface area contributed by atoms with Gasteiger partial charge >= 0.3 is 0 Å². The van der Waals surface area contributed by atoms with Gasteiger partial charge in [0, 0.05) is 29.6 Å². The minimum atomic E-state index is 0.0648. The lowest BCUT2D eigenvalue weighted by atomic mass is 9.97. The van der Waals surface area contributed by atoms with Crippen LogP contribution in [0.15, 0.2) is 71.3 Å². The van der Waals surface area contributed by atoms with Crippen molar-refractivity contribution in [3.63, 3.8) is 0 Å². The van der Waals surface area contributed by atoms with Crippen LogP contribution in [0.25, 0.3) is 22.5 Å². The summed E-state index contributed by atoms with van der Waals surface area (Å²) in [7, 11) is 0. The van der Waals surface area contributed by atoms with Crippen LogP contribution in [0.2, 0.25) is 5.02 Å². The zero-order valence-corrected chi connectivity index (χ0v) is 19.2. The van der Waals surface area contributed by atoms with E-state index in [0.717, 1.165) is 47.0 Å². The van der Waals surface area contributed by atoms with E-state index >= 15 is 0 Å². The summed E-state index contributed by atoms with van der Waals surface area (Å²) in [5, 5.41) is 5.44. The fourth-order valence-electron chi connectivity index (χ4n) is 4.33. The molecule has 168 valence electrons. The normalized spacial score (nSPS) is 14.5. The average molecular weight is 461 g/mol. The molecule has 0 bridgehead atoms. The molecule has 1 aliphatic heterocycles. The van der Waals surface area contributed by atoms with Gasteiger partial charge in [-0.3, -0.25) is 9.48 Å². The fraction of sp³-hybridized carbons (Fsp3) is 0.269. The van der Waals surface area contributed by atoms with Gasteiger partial charge < -0.3 is 9.32 Å². The smallest absolute Gasteiger partial charge is 0.244 e. The molecule has 0 aliphatic carbocycles. The van der Waals surface area contributed by atoms with E-state index in [1.807, 2.05) is 72.5 Å². The Balaban J connectivity index is 1.35. The number of nitrogens with zero attached hydrogens (tertiary/aromatic N) is 4. The number of amides is 1. The molecule has 2 aromatic carbocycles. The Hall–Kier alpha value is -3.38. The number of oxazole rings is 1. The second-order valence-corrected chi connectivity index (χ2v) is 8.85. The summed E-state index contributed by atoms with van der Waals surface area (Å²) in [6.07, 6.45) is 3.46. The molecule has 0 atom stereocenters. The highest BCUT2D eigenvalue weighted by atomic mass is 35.5. The molecule has 5 rings (SSSR count). The summed E-state index contributed by atoms with van der Waals surface area (Å²) in [6, 6.07) is 19.7. The van der Waals surface area contributed by atoms with Crippen LogP contribution in [-0.2, 0) is 11.3 Å². The standard InChI is InChI=1S/C26H25ClN4O2/c1-18-16-28-26(33-18)20-10-12-30(13-11-20)25(32)17-31-24(19-6-3-2-4-7-19)15-23(29-31)21-8-5-9-22(27)14-21/h2-9,14-16,20H,10-13,17H2,1H3. The van der Waals surface area contributed by atoms with Gasteiger partial charge in [0.15, 0.2) is 5.89 Å². The molecular formula is C26H25ClN4O2. The zero-order valence-electron chi connectivity index (χ0n) is 18.4. The van der Waals surface area contributed by atoms with Crippen LogP contribution in [0.1, 0.15) is 30.4 Å². The molecule has 1 saturated heterocycles. The summed E-state index contributed by atoms with van der Waals surface area (Å²) in [5.41, 5.74) is 3.64. The molecule has 1 aliphatic rings. The first-order chi connectivity index (χ1) is 16.1. The van der Waals surface area contributed by atoms with Crippen LogP contribution in [0.3, 0.4) is 0 Å². The lowest BCUT2D eigenvalue weighted by molar-refractivity contribution is -0.133. The molecule has 6 nitrogen and oxygen atoms in total. The van der Waals surface area contributed by atoms with Crippen LogP contribution in [-0.4, -0.2) is 38.7 Å². The van der Waals surface area contributed by atoms with Crippen LogP contribution < -0.4 is 0 Å². The largest absolute Gasteiger partial charge is 0.446 e. The maximum Gasteiger partial charge on any atom is 0.244 e. The van der Waals surface area contributed by atoms with Crippen molar-refractivity contribution in [3.05, 3.63) is 83.5 Å². The quantitative estimate of drug-likeness (QED) is 0.390. The van der Waals surface area contributed by atoms with Crippen LogP contribution in [0.5, 0.6) is 0 Å². The third kappa shape index (κ3) is 4.71. The minimum Gasteiger partial charge on any atom is -0.446 e. The predicted octanol–water partition coefficient (Wildman–Crippen LogP) is 5.57. The van der Waals surface area contributed by atoms with Crippen molar-refractivity contribution in [1.29, 1.82) is 0 Å². The molecule has 2 aromatic heterocycles. The van der Waals surface area contributed by atoms with Gasteiger partial charge in [-0.15, -0.1) is 0 Å². The van der Waals surface area contributed by atoms with Crippen molar-refractivity contribution in [2.45, 2.75) is 32.2 Å². The molecule has 0 unspecified atom stereocenters. The molecule has 0 radical (unpaired) electrons. The number of carbonyl (C=O) groups is 1. The number of aryl methyl sites for hydroxylation is 1. The summed E-state index contributed by atoms with van der Waals surface area (Å²) in [4.78, 5) is 19.5. The van der Waals surface area contributed by atoms with Crippen molar-refractivity contribution < 1.29 is 9.21 Å². The molecule has 3 heterocycles. The highest BCUT2D eigenvalue weighted by Crippen LogP contribution is 2.30. The SMILES string of the molecule is Cc1cnc(C2CCN(C(=O)Cn3nc(-c4cccc(Cl)c4)cc3-c3ccccc3)CC2)o1. The number of likely N-dealkylation sites (tertiary alicyclic amines) is 1. The molecule has 7 heteroatoms. The Bertz CT molecular complexity index is 1260. The van der Waals surface area contributed by atoms with Gasteiger partial charge in [-0.05, 0) is 43.5 Å². The van der Waals surface area contributed by atoms with E-state index in [0.29, 0.717) is 18.1 Å². The predicted molar refractivity (Wildman–Crippen MR) is 128 cm³/mol. The van der Waals surface area contributed by atoms with Crippen LogP contribution >= 0.6 is 11.6 Å². The van der Waals surface area contributed by atoms with E-state index in [2.05, 4.69) is 4.98 Å². The number of piperidine rings is 1. The highest BCUT2D eigenvalue weighted by molar-refractivity contribution is 6.30. The van der Waals surface area contributed by atoms with Gasteiger partial charge in [0.25, 0.3) is 0 Å². The first-order valence-corrected chi connectivity index (χ1v) is 11.5. The topological polar surface area (TPSA) is 64.2 Å².